The number of hydrogen-bond acceptors (Lipinski definition) is 5. The van der Waals surface area contributed by atoms with E-state index in [0.29, 0.717) is 26.1 Å². The largest absolute Gasteiger partial charge is 0.497 e. The van der Waals surface area contributed by atoms with Gasteiger partial charge in [0.2, 0.25) is 0 Å². The lowest BCUT2D eigenvalue weighted by atomic mass is 10.1. The van der Waals surface area contributed by atoms with Gasteiger partial charge in [-0.15, -0.1) is 0 Å². The fourth-order valence-corrected chi connectivity index (χ4v) is 1.88. The molecule has 0 saturated carbocycles. The molecule has 1 aromatic rings. The summed E-state index contributed by atoms with van der Waals surface area (Å²) in [6.45, 7) is 1.68. The summed E-state index contributed by atoms with van der Waals surface area (Å²) >= 11 is 0. The van der Waals surface area contributed by atoms with Crippen LogP contribution in [-0.4, -0.2) is 39.8 Å². The maximum absolute atomic E-state index is 11.8. The Kier molecular flexibility index (Phi) is 8.94. The van der Waals surface area contributed by atoms with Crippen LogP contribution in [0.15, 0.2) is 36.0 Å². The smallest absolute Gasteiger partial charge is 0.263 e. The number of amides is 1. The lowest BCUT2D eigenvalue weighted by Crippen LogP contribution is -2.27. The predicted octanol–water partition coefficient (Wildman–Crippen LogP) is 1.39. The Hall–Kier alpha value is -2.52. The van der Waals surface area contributed by atoms with E-state index < -0.39 is 0 Å². The fourth-order valence-electron chi connectivity index (χ4n) is 1.88. The topological polar surface area (TPSA) is 83.4 Å². The van der Waals surface area contributed by atoms with Crippen LogP contribution in [-0.2, 0) is 16.0 Å². The Bertz CT molecular complexity index is 564. The molecule has 2 N–H and O–H groups in total. The van der Waals surface area contributed by atoms with Crippen molar-refractivity contribution in [1.29, 1.82) is 5.26 Å². The summed E-state index contributed by atoms with van der Waals surface area (Å²) < 4.78 is 10.1. The van der Waals surface area contributed by atoms with Gasteiger partial charge in [0.15, 0.2) is 0 Å². The number of nitriles is 1. The van der Waals surface area contributed by atoms with E-state index in [-0.39, 0.29) is 11.5 Å². The summed E-state index contributed by atoms with van der Waals surface area (Å²) in [5.74, 6) is 0.434. The zero-order valence-corrected chi connectivity index (χ0v) is 13.6. The van der Waals surface area contributed by atoms with E-state index in [0.717, 1.165) is 17.7 Å². The van der Waals surface area contributed by atoms with Crippen LogP contribution < -0.4 is 15.4 Å². The molecule has 0 atom stereocenters. The third kappa shape index (κ3) is 7.34. The number of rotatable bonds is 10. The van der Waals surface area contributed by atoms with Gasteiger partial charge in [0, 0.05) is 33.0 Å². The van der Waals surface area contributed by atoms with Crippen molar-refractivity contribution in [3.8, 4) is 11.8 Å². The van der Waals surface area contributed by atoms with Crippen molar-refractivity contribution in [3.05, 3.63) is 41.6 Å². The number of nitrogens with zero attached hydrogens (tertiary/aromatic N) is 1. The first-order chi connectivity index (χ1) is 11.2. The Morgan fingerprint density at radius 1 is 1.35 bits per heavy atom. The molecule has 1 aromatic carbocycles. The first-order valence-electron chi connectivity index (χ1n) is 7.45. The van der Waals surface area contributed by atoms with Crippen molar-refractivity contribution in [2.45, 2.75) is 12.8 Å². The number of benzene rings is 1. The number of nitrogens with one attached hydrogen (secondary N) is 2. The molecule has 124 valence electrons. The molecule has 23 heavy (non-hydrogen) atoms. The van der Waals surface area contributed by atoms with Gasteiger partial charge in [-0.25, -0.2) is 0 Å². The summed E-state index contributed by atoms with van der Waals surface area (Å²) in [7, 11) is 3.24. The lowest BCUT2D eigenvalue weighted by molar-refractivity contribution is -0.117. The highest BCUT2D eigenvalue weighted by molar-refractivity contribution is 5.97. The number of methoxy groups -OCH3 is 2. The quantitative estimate of drug-likeness (QED) is 0.387. The van der Waals surface area contributed by atoms with Crippen LogP contribution in [0.1, 0.15) is 12.0 Å². The molecule has 0 radical (unpaired) electrons. The van der Waals surface area contributed by atoms with Gasteiger partial charge in [0.05, 0.1) is 7.11 Å². The zero-order chi connectivity index (χ0) is 16.9. The summed E-state index contributed by atoms with van der Waals surface area (Å²) in [6, 6.07) is 9.67. The third-order valence-corrected chi connectivity index (χ3v) is 3.11. The summed E-state index contributed by atoms with van der Waals surface area (Å²) in [5, 5.41) is 14.7. The van der Waals surface area contributed by atoms with Crippen LogP contribution in [0.5, 0.6) is 5.75 Å². The summed E-state index contributed by atoms with van der Waals surface area (Å²) in [6.07, 6.45) is 2.93. The molecule has 0 saturated heterocycles. The van der Waals surface area contributed by atoms with E-state index in [1.165, 1.54) is 6.20 Å². The van der Waals surface area contributed by atoms with Gasteiger partial charge < -0.3 is 20.1 Å². The first kappa shape index (κ1) is 18.5. The molecule has 0 unspecified atom stereocenters. The van der Waals surface area contributed by atoms with Gasteiger partial charge in [0.1, 0.15) is 17.4 Å². The molecule has 0 bridgehead atoms. The highest BCUT2D eigenvalue weighted by Gasteiger charge is 2.07. The molecule has 0 aliphatic rings. The van der Waals surface area contributed by atoms with Crippen molar-refractivity contribution < 1.29 is 14.3 Å². The second-order valence-corrected chi connectivity index (χ2v) is 4.83. The monoisotopic (exact) mass is 317 g/mol. The van der Waals surface area contributed by atoms with Gasteiger partial charge >= 0.3 is 0 Å². The van der Waals surface area contributed by atoms with Crippen molar-refractivity contribution in [2.75, 3.05) is 33.9 Å². The molecular formula is C17H23N3O3. The normalized spacial score (nSPS) is 10.7. The lowest BCUT2D eigenvalue weighted by Gasteiger charge is -2.06. The van der Waals surface area contributed by atoms with Gasteiger partial charge in [-0.05, 0) is 30.5 Å². The Morgan fingerprint density at radius 2 is 2.17 bits per heavy atom. The average Bonchev–Trinajstić information content (AvgIpc) is 2.58. The Morgan fingerprint density at radius 3 is 2.87 bits per heavy atom. The first-order valence-corrected chi connectivity index (χ1v) is 7.45. The van der Waals surface area contributed by atoms with E-state index in [9.17, 15) is 4.79 Å². The predicted molar refractivity (Wildman–Crippen MR) is 87.9 cm³/mol. The number of ether oxygens (including phenoxy) is 2. The fraction of sp³-hybridized carbons (Fsp3) is 0.412. The average molecular weight is 317 g/mol. The van der Waals surface area contributed by atoms with Crippen molar-refractivity contribution >= 4 is 5.91 Å². The highest BCUT2D eigenvalue weighted by Crippen LogP contribution is 2.12. The van der Waals surface area contributed by atoms with Crippen LogP contribution in [0.4, 0.5) is 0 Å². The molecule has 6 nitrogen and oxygen atoms in total. The Balaban J connectivity index is 2.38. The van der Waals surface area contributed by atoms with Gasteiger partial charge in [-0.3, -0.25) is 4.79 Å². The van der Waals surface area contributed by atoms with E-state index in [1.807, 2.05) is 30.3 Å². The van der Waals surface area contributed by atoms with Gasteiger partial charge in [-0.2, -0.15) is 5.26 Å². The molecular weight excluding hydrogens is 294 g/mol. The van der Waals surface area contributed by atoms with Crippen LogP contribution in [0, 0.1) is 11.3 Å². The zero-order valence-electron chi connectivity index (χ0n) is 13.6. The number of carbonyl (C=O) groups is 1. The van der Waals surface area contributed by atoms with Crippen molar-refractivity contribution in [1.82, 2.24) is 10.6 Å². The number of carbonyl (C=O) groups excluding carboxylic acids is 1. The van der Waals surface area contributed by atoms with Gasteiger partial charge in [-0.1, -0.05) is 12.1 Å². The summed E-state index contributed by atoms with van der Waals surface area (Å²) in [5.41, 5.74) is 1.18. The second kappa shape index (κ2) is 11.1. The van der Waals surface area contributed by atoms with E-state index in [4.69, 9.17) is 14.7 Å². The standard InChI is InChI=1S/C17H23N3O3/c1-22-10-4-8-20-17(21)15(12-18)13-19-9-7-14-5-3-6-16(11-14)23-2/h3,5-6,11,13,19H,4,7-10H2,1-2H3,(H,20,21)/b15-13-. The maximum Gasteiger partial charge on any atom is 0.263 e. The minimum absolute atomic E-state index is 0.0630. The molecule has 0 aliphatic carbocycles. The SMILES string of the molecule is COCCCNC(=O)/C(C#N)=C\NCCc1cccc(OC)c1. The molecule has 0 aromatic heterocycles. The van der Waals surface area contributed by atoms with Gasteiger partial charge in [0.25, 0.3) is 5.91 Å². The van der Waals surface area contributed by atoms with E-state index >= 15 is 0 Å². The summed E-state index contributed by atoms with van der Waals surface area (Å²) in [4.78, 5) is 11.8. The van der Waals surface area contributed by atoms with E-state index in [1.54, 1.807) is 14.2 Å². The molecule has 0 heterocycles. The van der Waals surface area contributed by atoms with E-state index in [2.05, 4.69) is 10.6 Å². The van der Waals surface area contributed by atoms with Crippen LogP contribution in [0.3, 0.4) is 0 Å². The van der Waals surface area contributed by atoms with Crippen molar-refractivity contribution in [2.24, 2.45) is 0 Å². The second-order valence-electron chi connectivity index (χ2n) is 4.83. The Labute approximate surface area is 137 Å². The molecule has 1 amide bonds. The molecule has 0 spiro atoms. The molecule has 1 rings (SSSR count). The minimum atomic E-state index is -0.377. The maximum atomic E-state index is 11.8. The van der Waals surface area contributed by atoms with Crippen LogP contribution in [0.2, 0.25) is 0 Å². The van der Waals surface area contributed by atoms with Crippen LogP contribution in [0.25, 0.3) is 0 Å². The number of hydrogen-bond donors (Lipinski definition) is 2. The minimum Gasteiger partial charge on any atom is -0.497 e. The third-order valence-electron chi connectivity index (χ3n) is 3.11. The molecule has 0 fully saturated rings. The molecule has 6 heteroatoms. The van der Waals surface area contributed by atoms with Crippen LogP contribution >= 0.6 is 0 Å². The highest BCUT2D eigenvalue weighted by atomic mass is 16.5. The van der Waals surface area contributed by atoms with Crippen molar-refractivity contribution in [3.63, 3.8) is 0 Å². The molecule has 0 aliphatic heterocycles.